The van der Waals surface area contributed by atoms with E-state index in [1.165, 1.54) is 23.1 Å². The molecule has 4 heterocycles. The monoisotopic (exact) mass is 610 g/mol. The van der Waals surface area contributed by atoms with Gasteiger partial charge in [-0.25, -0.2) is 13.7 Å². The Bertz CT molecular complexity index is 1660. The Labute approximate surface area is 252 Å². The molecule has 2 aliphatic rings. The molecule has 232 valence electrons. The van der Waals surface area contributed by atoms with Gasteiger partial charge in [0.05, 0.1) is 17.8 Å². The maximum atomic E-state index is 15.1. The van der Waals surface area contributed by atoms with Crippen LogP contribution in [0.5, 0.6) is 11.5 Å². The quantitative estimate of drug-likeness (QED) is 0.250. The van der Waals surface area contributed by atoms with Crippen molar-refractivity contribution >= 4 is 17.2 Å². The number of carbonyl (C=O) groups excluding carboxylic acids is 1. The van der Waals surface area contributed by atoms with E-state index in [9.17, 15) is 18.0 Å². The molecule has 0 bridgehead atoms. The van der Waals surface area contributed by atoms with Crippen molar-refractivity contribution in [1.82, 2.24) is 24.3 Å². The summed E-state index contributed by atoms with van der Waals surface area (Å²) < 4.78 is 65.0. The largest absolute Gasteiger partial charge is 0.452 e. The van der Waals surface area contributed by atoms with E-state index in [4.69, 9.17) is 4.74 Å². The highest BCUT2D eigenvalue weighted by molar-refractivity contribution is 5.90. The van der Waals surface area contributed by atoms with E-state index in [1.807, 2.05) is 4.90 Å². The molecule has 1 saturated heterocycles. The Kier molecular flexibility index (Phi) is 8.21. The highest BCUT2D eigenvalue weighted by Gasteiger charge is 2.35. The van der Waals surface area contributed by atoms with E-state index in [-0.39, 0.29) is 30.1 Å². The number of alkyl halides is 3. The van der Waals surface area contributed by atoms with Crippen LogP contribution in [0.3, 0.4) is 0 Å². The maximum Gasteiger partial charge on any atom is 0.416 e. The SMILES string of the molecule is CCN1CCN(Cc2ccc(NC(=O)N3CCc4cc(F)c(Oc5ccnn6cccc56)cc4C3C)cc2C(F)(F)F)CC1. The van der Waals surface area contributed by atoms with Crippen LogP contribution in [0.15, 0.2) is 60.9 Å². The molecule has 8 nitrogen and oxygen atoms in total. The second kappa shape index (κ2) is 12.1. The number of carbonyl (C=O) groups is 1. The lowest BCUT2D eigenvalue weighted by Crippen LogP contribution is -2.45. The number of ether oxygens (including phenoxy) is 1. The molecule has 2 aromatic heterocycles. The molecule has 0 saturated carbocycles. The number of amides is 2. The van der Waals surface area contributed by atoms with Gasteiger partial charge < -0.3 is 19.9 Å². The maximum absolute atomic E-state index is 15.1. The second-order valence-electron chi connectivity index (χ2n) is 11.2. The Hall–Kier alpha value is -4.16. The number of aromatic nitrogens is 2. The molecular weight excluding hydrogens is 576 g/mol. The number of hydrogen-bond donors (Lipinski definition) is 1. The number of benzene rings is 2. The molecule has 1 unspecified atom stereocenters. The van der Waals surface area contributed by atoms with Crippen LogP contribution >= 0.6 is 0 Å². The van der Waals surface area contributed by atoms with Crippen molar-refractivity contribution in [2.45, 2.75) is 39.0 Å². The molecule has 0 spiro atoms. The molecule has 2 aliphatic heterocycles. The lowest BCUT2D eigenvalue weighted by molar-refractivity contribution is -0.138. The molecule has 2 amide bonds. The van der Waals surface area contributed by atoms with E-state index in [2.05, 4.69) is 22.2 Å². The fraction of sp³-hybridized carbons (Fsp3) is 0.375. The van der Waals surface area contributed by atoms with Gasteiger partial charge in [-0.05, 0) is 73.0 Å². The number of nitrogens with zero attached hydrogens (tertiary/aromatic N) is 5. The molecule has 4 aromatic rings. The molecule has 1 atom stereocenters. The van der Waals surface area contributed by atoms with E-state index in [1.54, 1.807) is 48.1 Å². The first-order valence-corrected chi connectivity index (χ1v) is 14.8. The third-order valence-corrected chi connectivity index (χ3v) is 8.58. The van der Waals surface area contributed by atoms with Gasteiger partial charge in [0.2, 0.25) is 0 Å². The minimum Gasteiger partial charge on any atom is -0.452 e. The van der Waals surface area contributed by atoms with Crippen LogP contribution in [0.2, 0.25) is 0 Å². The number of rotatable bonds is 6. The van der Waals surface area contributed by atoms with Crippen LogP contribution in [0, 0.1) is 5.82 Å². The molecule has 1 fully saturated rings. The smallest absolute Gasteiger partial charge is 0.416 e. The van der Waals surface area contributed by atoms with Gasteiger partial charge in [0.25, 0.3) is 0 Å². The summed E-state index contributed by atoms with van der Waals surface area (Å²) in [6.45, 7) is 8.33. The first kappa shape index (κ1) is 29.9. The Morgan fingerprint density at radius 1 is 1.02 bits per heavy atom. The van der Waals surface area contributed by atoms with Crippen molar-refractivity contribution in [2.24, 2.45) is 0 Å². The molecular formula is C32H34F4N6O2. The summed E-state index contributed by atoms with van der Waals surface area (Å²) in [4.78, 5) is 19.2. The van der Waals surface area contributed by atoms with Crippen LogP contribution in [0.1, 0.15) is 42.1 Å². The summed E-state index contributed by atoms with van der Waals surface area (Å²) in [5, 5.41) is 6.86. The normalized spacial score (nSPS) is 18.0. The molecule has 0 aliphatic carbocycles. The number of likely N-dealkylation sites (N-methyl/N-ethyl adjacent to an activating group) is 1. The number of nitrogens with one attached hydrogen (secondary N) is 1. The van der Waals surface area contributed by atoms with Crippen molar-refractivity contribution < 1.29 is 27.1 Å². The molecule has 44 heavy (non-hydrogen) atoms. The molecule has 0 radical (unpaired) electrons. The van der Waals surface area contributed by atoms with E-state index in [0.717, 1.165) is 31.3 Å². The topological polar surface area (TPSA) is 65.3 Å². The number of halogens is 4. The zero-order valence-electron chi connectivity index (χ0n) is 24.6. The van der Waals surface area contributed by atoms with Gasteiger partial charge in [-0.1, -0.05) is 13.0 Å². The minimum atomic E-state index is -4.57. The summed E-state index contributed by atoms with van der Waals surface area (Å²) >= 11 is 0. The minimum absolute atomic E-state index is 0.00803. The van der Waals surface area contributed by atoms with Gasteiger partial charge in [-0.15, -0.1) is 0 Å². The summed E-state index contributed by atoms with van der Waals surface area (Å²) in [6, 6.07) is 11.2. The lowest BCUT2D eigenvalue weighted by Gasteiger charge is -2.35. The molecule has 6 rings (SSSR count). The third-order valence-electron chi connectivity index (χ3n) is 8.58. The van der Waals surface area contributed by atoms with E-state index < -0.39 is 29.6 Å². The van der Waals surface area contributed by atoms with Gasteiger partial charge in [0.1, 0.15) is 5.52 Å². The Morgan fingerprint density at radius 2 is 1.80 bits per heavy atom. The average Bonchev–Trinajstić information content (AvgIpc) is 3.49. The highest BCUT2D eigenvalue weighted by atomic mass is 19.4. The van der Waals surface area contributed by atoms with Gasteiger partial charge in [-0.3, -0.25) is 4.90 Å². The van der Waals surface area contributed by atoms with Gasteiger partial charge in [0, 0.05) is 57.2 Å². The van der Waals surface area contributed by atoms with Gasteiger partial charge >= 0.3 is 12.2 Å². The zero-order chi connectivity index (χ0) is 31.0. The van der Waals surface area contributed by atoms with Crippen molar-refractivity contribution in [1.29, 1.82) is 0 Å². The summed E-state index contributed by atoms with van der Waals surface area (Å²) in [7, 11) is 0. The molecule has 12 heteroatoms. The van der Waals surface area contributed by atoms with Crippen molar-refractivity contribution in [3.8, 4) is 11.5 Å². The van der Waals surface area contributed by atoms with Crippen LogP contribution in [0.4, 0.5) is 28.0 Å². The van der Waals surface area contributed by atoms with Crippen molar-refractivity contribution in [2.75, 3.05) is 44.6 Å². The summed E-state index contributed by atoms with van der Waals surface area (Å²) in [6.07, 6.45) is -0.873. The van der Waals surface area contributed by atoms with E-state index in [0.29, 0.717) is 36.3 Å². The lowest BCUT2D eigenvalue weighted by atomic mass is 9.93. The summed E-state index contributed by atoms with van der Waals surface area (Å²) in [5.41, 5.74) is 1.62. The van der Waals surface area contributed by atoms with Crippen LogP contribution < -0.4 is 10.1 Å². The van der Waals surface area contributed by atoms with E-state index >= 15 is 4.39 Å². The fourth-order valence-electron chi connectivity index (χ4n) is 6.06. The van der Waals surface area contributed by atoms with Crippen LogP contribution in [-0.2, 0) is 19.1 Å². The average molecular weight is 611 g/mol. The first-order chi connectivity index (χ1) is 21.1. The number of fused-ring (bicyclic) bond motifs is 2. The highest BCUT2D eigenvalue weighted by Crippen LogP contribution is 2.38. The van der Waals surface area contributed by atoms with Crippen LogP contribution in [0.25, 0.3) is 5.52 Å². The van der Waals surface area contributed by atoms with Gasteiger partial charge in [-0.2, -0.15) is 18.3 Å². The zero-order valence-corrected chi connectivity index (χ0v) is 24.6. The number of hydrogen-bond acceptors (Lipinski definition) is 5. The number of anilines is 1. The number of piperazine rings is 1. The third kappa shape index (κ3) is 6.09. The fourth-order valence-corrected chi connectivity index (χ4v) is 6.06. The predicted octanol–water partition coefficient (Wildman–Crippen LogP) is 6.57. The number of urea groups is 1. The first-order valence-electron chi connectivity index (χ1n) is 14.8. The van der Waals surface area contributed by atoms with Gasteiger partial charge in [0.15, 0.2) is 17.3 Å². The molecule has 1 N–H and O–H groups in total. The summed E-state index contributed by atoms with van der Waals surface area (Å²) in [5.74, 6) is -0.0925. The van der Waals surface area contributed by atoms with Crippen molar-refractivity contribution in [3.05, 3.63) is 89.0 Å². The Balaban J connectivity index is 1.18. The molecule has 2 aromatic carbocycles. The van der Waals surface area contributed by atoms with Crippen molar-refractivity contribution in [3.63, 3.8) is 0 Å². The second-order valence-corrected chi connectivity index (χ2v) is 11.2. The predicted molar refractivity (Wildman–Crippen MR) is 158 cm³/mol. The standard InChI is InChI=1S/C32H34F4N6O2/c1-3-39-13-15-40(16-14-39)20-23-6-7-24(18-26(23)32(34,35)36)38-31(43)41-12-9-22-17-27(33)30(19-25(22)21(41)2)44-29-8-10-37-42-11-4-5-28(29)42/h4-8,10-11,17-19,21H,3,9,12-16,20H2,1-2H3,(H,38,43). The Morgan fingerprint density at radius 3 is 2.55 bits per heavy atom. The van der Waals surface area contributed by atoms with Crippen LogP contribution in [-0.4, -0.2) is 69.6 Å².